The van der Waals surface area contributed by atoms with E-state index in [0.29, 0.717) is 5.41 Å². The van der Waals surface area contributed by atoms with E-state index in [1.54, 1.807) is 0 Å². The molecule has 1 heterocycles. The summed E-state index contributed by atoms with van der Waals surface area (Å²) in [5.74, 6) is 1.80. The van der Waals surface area contributed by atoms with Gasteiger partial charge in [0, 0.05) is 0 Å². The molecular weight excluding hydrogens is 146 g/mol. The minimum Gasteiger partial charge on any atom is -0.316 e. The molecule has 0 amide bonds. The normalized spacial score (nSPS) is 31.0. The van der Waals surface area contributed by atoms with Crippen molar-refractivity contribution < 1.29 is 0 Å². The van der Waals surface area contributed by atoms with Crippen molar-refractivity contribution in [2.45, 2.75) is 40.5 Å². The highest BCUT2D eigenvalue weighted by atomic mass is 14.9. The van der Waals surface area contributed by atoms with E-state index < -0.39 is 0 Å². The summed E-state index contributed by atoms with van der Waals surface area (Å²) in [6.45, 7) is 11.9. The molecule has 1 saturated heterocycles. The van der Waals surface area contributed by atoms with Crippen molar-refractivity contribution in [2.24, 2.45) is 17.3 Å². The van der Waals surface area contributed by atoms with Crippen LogP contribution < -0.4 is 5.32 Å². The second kappa shape index (κ2) is 3.78. The van der Waals surface area contributed by atoms with Crippen LogP contribution in [-0.2, 0) is 0 Å². The zero-order chi connectivity index (χ0) is 9.19. The minimum absolute atomic E-state index is 0.547. The van der Waals surface area contributed by atoms with Crippen LogP contribution in [0.2, 0.25) is 0 Å². The Labute approximate surface area is 76.9 Å². The largest absolute Gasteiger partial charge is 0.316 e. The van der Waals surface area contributed by atoms with Crippen molar-refractivity contribution in [3.8, 4) is 0 Å². The molecule has 0 saturated carbocycles. The highest BCUT2D eigenvalue weighted by Crippen LogP contribution is 2.33. The highest BCUT2D eigenvalue weighted by molar-refractivity contribution is 4.82. The molecule has 0 bridgehead atoms. The highest BCUT2D eigenvalue weighted by Gasteiger charge is 2.28. The molecule has 0 aliphatic carbocycles. The molecule has 0 aromatic rings. The van der Waals surface area contributed by atoms with Gasteiger partial charge >= 0.3 is 0 Å². The number of rotatable bonds is 3. The molecule has 1 aliphatic heterocycles. The third-order valence-corrected chi connectivity index (χ3v) is 3.45. The summed E-state index contributed by atoms with van der Waals surface area (Å²) in [5, 5.41) is 3.47. The van der Waals surface area contributed by atoms with Gasteiger partial charge in [-0.2, -0.15) is 0 Å². The Hall–Kier alpha value is -0.0400. The lowest BCUT2D eigenvalue weighted by atomic mass is 9.78. The van der Waals surface area contributed by atoms with Crippen LogP contribution in [0.4, 0.5) is 0 Å². The van der Waals surface area contributed by atoms with E-state index >= 15 is 0 Å². The molecule has 0 radical (unpaired) electrons. The number of nitrogens with one attached hydrogen (secondary N) is 1. The SMILES string of the molecule is CCC(C)(C)CC1CNCC1C. The van der Waals surface area contributed by atoms with E-state index in [0.717, 1.165) is 11.8 Å². The minimum atomic E-state index is 0.547. The molecule has 12 heavy (non-hydrogen) atoms. The summed E-state index contributed by atoms with van der Waals surface area (Å²) in [6.07, 6.45) is 2.69. The molecule has 1 nitrogen and oxygen atoms in total. The number of hydrogen-bond donors (Lipinski definition) is 1. The smallest absolute Gasteiger partial charge is 0.00172 e. The Bertz CT molecular complexity index is 140. The molecule has 72 valence electrons. The second-order valence-electron chi connectivity index (χ2n) is 5.12. The maximum absolute atomic E-state index is 3.47. The van der Waals surface area contributed by atoms with Gasteiger partial charge in [0.05, 0.1) is 0 Å². The molecule has 0 spiro atoms. The Morgan fingerprint density at radius 1 is 1.33 bits per heavy atom. The van der Waals surface area contributed by atoms with Gasteiger partial charge in [0.15, 0.2) is 0 Å². The van der Waals surface area contributed by atoms with Crippen LogP contribution in [0.3, 0.4) is 0 Å². The van der Waals surface area contributed by atoms with Crippen molar-refractivity contribution in [2.75, 3.05) is 13.1 Å². The van der Waals surface area contributed by atoms with E-state index in [2.05, 4.69) is 33.0 Å². The summed E-state index contributed by atoms with van der Waals surface area (Å²) in [6, 6.07) is 0. The molecule has 2 atom stereocenters. The first kappa shape index (κ1) is 10.0. The van der Waals surface area contributed by atoms with E-state index in [4.69, 9.17) is 0 Å². The average Bonchev–Trinajstić information content (AvgIpc) is 2.36. The molecule has 1 rings (SSSR count). The average molecular weight is 169 g/mol. The Morgan fingerprint density at radius 3 is 2.42 bits per heavy atom. The van der Waals surface area contributed by atoms with E-state index in [1.165, 1.54) is 25.9 Å². The van der Waals surface area contributed by atoms with Gasteiger partial charge in [-0.15, -0.1) is 0 Å². The van der Waals surface area contributed by atoms with Crippen LogP contribution in [0, 0.1) is 17.3 Å². The first-order chi connectivity index (χ1) is 5.55. The molecule has 2 unspecified atom stereocenters. The third kappa shape index (κ3) is 2.48. The summed E-state index contributed by atoms with van der Waals surface area (Å²) in [4.78, 5) is 0. The predicted octanol–water partition coefficient (Wildman–Crippen LogP) is 2.67. The van der Waals surface area contributed by atoms with Gasteiger partial charge in [0.1, 0.15) is 0 Å². The van der Waals surface area contributed by atoms with Crippen LogP contribution in [0.1, 0.15) is 40.5 Å². The van der Waals surface area contributed by atoms with Crippen LogP contribution in [-0.4, -0.2) is 13.1 Å². The van der Waals surface area contributed by atoms with Crippen molar-refractivity contribution in [3.05, 3.63) is 0 Å². The van der Waals surface area contributed by atoms with Gasteiger partial charge in [-0.3, -0.25) is 0 Å². The quantitative estimate of drug-likeness (QED) is 0.685. The predicted molar refractivity (Wildman–Crippen MR) is 54.2 cm³/mol. The van der Waals surface area contributed by atoms with E-state index in [1.807, 2.05) is 0 Å². The fourth-order valence-electron chi connectivity index (χ4n) is 1.99. The molecule has 1 N–H and O–H groups in total. The lowest BCUT2D eigenvalue weighted by Crippen LogP contribution is -2.20. The van der Waals surface area contributed by atoms with Gasteiger partial charge in [-0.1, -0.05) is 34.1 Å². The lowest BCUT2D eigenvalue weighted by Gasteiger charge is -2.28. The molecular formula is C11H23N. The zero-order valence-electron chi connectivity index (χ0n) is 8.98. The van der Waals surface area contributed by atoms with Crippen LogP contribution >= 0.6 is 0 Å². The summed E-state index contributed by atoms with van der Waals surface area (Å²) >= 11 is 0. The zero-order valence-corrected chi connectivity index (χ0v) is 8.98. The van der Waals surface area contributed by atoms with Gasteiger partial charge in [0.2, 0.25) is 0 Å². The molecule has 1 heteroatoms. The fraction of sp³-hybridized carbons (Fsp3) is 1.00. The first-order valence-electron chi connectivity index (χ1n) is 5.26. The van der Waals surface area contributed by atoms with Crippen LogP contribution in [0.25, 0.3) is 0 Å². The maximum atomic E-state index is 3.47. The molecule has 0 aromatic heterocycles. The van der Waals surface area contributed by atoms with Gasteiger partial charge < -0.3 is 5.32 Å². The van der Waals surface area contributed by atoms with E-state index in [-0.39, 0.29) is 0 Å². The summed E-state index contributed by atoms with van der Waals surface area (Å²) in [5.41, 5.74) is 0.547. The number of hydrogen-bond acceptors (Lipinski definition) is 1. The summed E-state index contributed by atoms with van der Waals surface area (Å²) in [7, 11) is 0. The van der Waals surface area contributed by atoms with Crippen LogP contribution in [0.5, 0.6) is 0 Å². The van der Waals surface area contributed by atoms with Crippen molar-refractivity contribution in [1.29, 1.82) is 0 Å². The summed E-state index contributed by atoms with van der Waals surface area (Å²) < 4.78 is 0. The van der Waals surface area contributed by atoms with Crippen molar-refractivity contribution in [3.63, 3.8) is 0 Å². The third-order valence-electron chi connectivity index (χ3n) is 3.45. The molecule has 0 aromatic carbocycles. The Balaban J connectivity index is 2.39. The maximum Gasteiger partial charge on any atom is -0.00172 e. The lowest BCUT2D eigenvalue weighted by molar-refractivity contribution is 0.240. The van der Waals surface area contributed by atoms with Crippen molar-refractivity contribution in [1.82, 2.24) is 5.32 Å². The van der Waals surface area contributed by atoms with Crippen molar-refractivity contribution >= 4 is 0 Å². The first-order valence-corrected chi connectivity index (χ1v) is 5.26. The van der Waals surface area contributed by atoms with Gasteiger partial charge in [-0.25, -0.2) is 0 Å². The van der Waals surface area contributed by atoms with Gasteiger partial charge in [0.25, 0.3) is 0 Å². The molecule has 1 aliphatic rings. The molecule has 1 fully saturated rings. The van der Waals surface area contributed by atoms with E-state index in [9.17, 15) is 0 Å². The second-order valence-corrected chi connectivity index (χ2v) is 5.12. The Morgan fingerprint density at radius 2 is 2.00 bits per heavy atom. The van der Waals surface area contributed by atoms with Crippen LogP contribution in [0.15, 0.2) is 0 Å². The fourth-order valence-corrected chi connectivity index (χ4v) is 1.99. The Kier molecular flexibility index (Phi) is 3.16. The monoisotopic (exact) mass is 169 g/mol. The van der Waals surface area contributed by atoms with Gasteiger partial charge in [-0.05, 0) is 36.8 Å². The standard InChI is InChI=1S/C11H23N/c1-5-11(3,4)6-10-8-12-7-9(10)2/h9-10,12H,5-8H2,1-4H3. The topological polar surface area (TPSA) is 12.0 Å².